The van der Waals surface area contributed by atoms with Gasteiger partial charge in [0.25, 0.3) is 0 Å². The first-order valence-electron chi connectivity index (χ1n) is 5.26. The molecule has 0 saturated heterocycles. The van der Waals surface area contributed by atoms with Crippen LogP contribution in [0.2, 0.25) is 0 Å². The second-order valence-electron chi connectivity index (χ2n) is 4.02. The van der Waals surface area contributed by atoms with Gasteiger partial charge in [-0.2, -0.15) is 0 Å². The number of carboxylic acids is 1. The monoisotopic (exact) mass is 197 g/mol. The highest BCUT2D eigenvalue weighted by molar-refractivity contribution is 6.36. The minimum atomic E-state index is -0.918. The molecule has 1 heterocycles. The fourth-order valence-electron chi connectivity index (χ4n) is 2.28. The van der Waals surface area contributed by atoms with E-state index >= 15 is 0 Å². The third kappa shape index (κ3) is 1.74. The van der Waals surface area contributed by atoms with Crippen LogP contribution in [0.15, 0.2) is 5.16 Å². The number of oxime groups is 1. The predicted octanol–water partition coefficient (Wildman–Crippen LogP) is 1.80. The summed E-state index contributed by atoms with van der Waals surface area (Å²) in [6, 6.07) is 0. The number of fused-ring (bicyclic) bond motifs is 1. The minimum Gasteiger partial charge on any atom is -0.477 e. The molecule has 78 valence electrons. The lowest BCUT2D eigenvalue weighted by Crippen LogP contribution is -2.29. The van der Waals surface area contributed by atoms with Crippen molar-refractivity contribution in [2.75, 3.05) is 0 Å². The lowest BCUT2D eigenvalue weighted by atomic mass is 9.86. The van der Waals surface area contributed by atoms with E-state index in [1.165, 1.54) is 12.8 Å². The number of aliphatic carboxylic acids is 1. The maximum Gasteiger partial charge on any atom is 0.354 e. The quantitative estimate of drug-likeness (QED) is 0.697. The van der Waals surface area contributed by atoms with Crippen LogP contribution in [0.3, 0.4) is 0 Å². The number of hydrogen-bond acceptors (Lipinski definition) is 3. The molecule has 0 unspecified atom stereocenters. The van der Waals surface area contributed by atoms with E-state index in [0.717, 1.165) is 25.7 Å². The lowest BCUT2D eigenvalue weighted by Gasteiger charge is -2.20. The highest BCUT2D eigenvalue weighted by Crippen LogP contribution is 2.30. The van der Waals surface area contributed by atoms with E-state index in [1.807, 2.05) is 0 Å². The van der Waals surface area contributed by atoms with Crippen molar-refractivity contribution >= 4 is 11.7 Å². The summed E-state index contributed by atoms with van der Waals surface area (Å²) < 4.78 is 0. The molecule has 1 fully saturated rings. The van der Waals surface area contributed by atoms with Crippen molar-refractivity contribution in [3.8, 4) is 0 Å². The van der Waals surface area contributed by atoms with Gasteiger partial charge in [0.05, 0.1) is 5.92 Å². The SMILES string of the molecule is O=C(O)C1=NO[C@H]2CCCCCC[C@@H]12. The summed E-state index contributed by atoms with van der Waals surface area (Å²) in [6.07, 6.45) is 6.55. The maximum atomic E-state index is 10.8. The number of carboxylic acid groups (broad SMARTS) is 1. The molecule has 2 atom stereocenters. The van der Waals surface area contributed by atoms with Crippen molar-refractivity contribution in [3.63, 3.8) is 0 Å². The van der Waals surface area contributed by atoms with Crippen LogP contribution in [0.25, 0.3) is 0 Å². The van der Waals surface area contributed by atoms with Gasteiger partial charge in [0.2, 0.25) is 0 Å². The van der Waals surface area contributed by atoms with Crippen LogP contribution in [0, 0.1) is 5.92 Å². The topological polar surface area (TPSA) is 58.9 Å². The van der Waals surface area contributed by atoms with Crippen LogP contribution >= 0.6 is 0 Å². The number of hydrogen-bond donors (Lipinski definition) is 1. The number of carbonyl (C=O) groups is 1. The van der Waals surface area contributed by atoms with Gasteiger partial charge in [0.15, 0.2) is 5.71 Å². The highest BCUT2D eigenvalue weighted by Gasteiger charge is 2.37. The second kappa shape index (κ2) is 3.98. The van der Waals surface area contributed by atoms with E-state index in [4.69, 9.17) is 9.94 Å². The Hall–Kier alpha value is -1.06. The van der Waals surface area contributed by atoms with Gasteiger partial charge in [-0.3, -0.25) is 0 Å². The molecular formula is C10H15NO3. The largest absolute Gasteiger partial charge is 0.477 e. The Morgan fingerprint density at radius 3 is 2.71 bits per heavy atom. The number of rotatable bonds is 1. The fourth-order valence-corrected chi connectivity index (χ4v) is 2.28. The molecule has 0 aromatic heterocycles. The van der Waals surface area contributed by atoms with Crippen LogP contribution in [-0.2, 0) is 9.63 Å². The van der Waals surface area contributed by atoms with Crippen LogP contribution in [0.1, 0.15) is 38.5 Å². The Balaban J connectivity index is 2.07. The number of nitrogens with zero attached hydrogens (tertiary/aromatic N) is 1. The summed E-state index contributed by atoms with van der Waals surface area (Å²) >= 11 is 0. The van der Waals surface area contributed by atoms with Gasteiger partial charge in [-0.15, -0.1) is 0 Å². The first-order valence-corrected chi connectivity index (χ1v) is 5.26. The molecule has 0 bridgehead atoms. The minimum absolute atomic E-state index is 0.0291. The van der Waals surface area contributed by atoms with Gasteiger partial charge < -0.3 is 9.94 Å². The molecular weight excluding hydrogens is 182 g/mol. The van der Waals surface area contributed by atoms with E-state index in [2.05, 4.69) is 5.16 Å². The smallest absolute Gasteiger partial charge is 0.354 e. The van der Waals surface area contributed by atoms with Gasteiger partial charge in [-0.25, -0.2) is 4.79 Å². The zero-order chi connectivity index (χ0) is 9.97. The second-order valence-corrected chi connectivity index (χ2v) is 4.02. The summed E-state index contributed by atoms with van der Waals surface area (Å²) in [7, 11) is 0. The molecule has 1 aliphatic heterocycles. The van der Waals surface area contributed by atoms with Crippen molar-refractivity contribution in [3.05, 3.63) is 0 Å². The van der Waals surface area contributed by atoms with Gasteiger partial charge in [-0.05, 0) is 19.3 Å². The molecule has 0 spiro atoms. The van der Waals surface area contributed by atoms with Gasteiger partial charge in [0, 0.05) is 0 Å². The Kier molecular flexibility index (Phi) is 2.70. The lowest BCUT2D eigenvalue weighted by molar-refractivity contribution is -0.129. The van der Waals surface area contributed by atoms with E-state index < -0.39 is 5.97 Å². The van der Waals surface area contributed by atoms with Gasteiger partial charge >= 0.3 is 5.97 Å². The Morgan fingerprint density at radius 1 is 1.29 bits per heavy atom. The molecule has 2 rings (SSSR count). The molecule has 1 N–H and O–H groups in total. The normalized spacial score (nSPS) is 32.1. The maximum absolute atomic E-state index is 10.8. The molecule has 4 nitrogen and oxygen atoms in total. The summed E-state index contributed by atoms with van der Waals surface area (Å²) in [5, 5.41) is 12.6. The van der Waals surface area contributed by atoms with E-state index in [-0.39, 0.29) is 17.7 Å². The third-order valence-electron chi connectivity index (χ3n) is 3.06. The molecule has 0 aromatic carbocycles. The van der Waals surface area contributed by atoms with Gasteiger partial charge in [0.1, 0.15) is 6.10 Å². The van der Waals surface area contributed by atoms with Gasteiger partial charge in [-0.1, -0.05) is 24.4 Å². The average Bonchev–Trinajstić information content (AvgIpc) is 2.47. The van der Waals surface area contributed by atoms with Crippen LogP contribution < -0.4 is 0 Å². The summed E-state index contributed by atoms with van der Waals surface area (Å²) in [5.41, 5.74) is 0.233. The fraction of sp³-hybridized carbons (Fsp3) is 0.800. The molecule has 4 heteroatoms. The van der Waals surface area contributed by atoms with E-state index in [9.17, 15) is 4.79 Å². The molecule has 0 radical (unpaired) electrons. The van der Waals surface area contributed by atoms with Crippen molar-refractivity contribution < 1.29 is 14.7 Å². The molecule has 14 heavy (non-hydrogen) atoms. The van der Waals surface area contributed by atoms with Crippen molar-refractivity contribution in [1.82, 2.24) is 0 Å². The predicted molar refractivity (Wildman–Crippen MR) is 51.1 cm³/mol. The summed E-state index contributed by atoms with van der Waals surface area (Å²) in [4.78, 5) is 16.0. The van der Waals surface area contributed by atoms with Crippen LogP contribution in [-0.4, -0.2) is 22.9 Å². The van der Waals surface area contributed by atoms with Crippen molar-refractivity contribution in [1.29, 1.82) is 0 Å². The summed E-state index contributed by atoms with van der Waals surface area (Å²) in [6.45, 7) is 0. The molecule has 0 aromatic rings. The van der Waals surface area contributed by atoms with E-state index in [1.54, 1.807) is 0 Å². The van der Waals surface area contributed by atoms with Crippen LogP contribution in [0.4, 0.5) is 0 Å². The summed E-state index contributed by atoms with van der Waals surface area (Å²) in [5.74, 6) is -0.883. The Labute approximate surface area is 82.9 Å². The standard InChI is InChI=1S/C10H15NO3/c12-10(13)9-7-5-3-1-2-4-6-8(7)14-11-9/h7-8H,1-6H2,(H,12,13)/t7-,8+/m1/s1. The zero-order valence-corrected chi connectivity index (χ0v) is 8.11. The highest BCUT2D eigenvalue weighted by atomic mass is 16.6. The first-order chi connectivity index (χ1) is 6.79. The van der Waals surface area contributed by atoms with Crippen molar-refractivity contribution in [2.24, 2.45) is 11.1 Å². The van der Waals surface area contributed by atoms with Crippen LogP contribution in [0.5, 0.6) is 0 Å². The van der Waals surface area contributed by atoms with Crippen molar-refractivity contribution in [2.45, 2.75) is 44.6 Å². The molecule has 1 saturated carbocycles. The third-order valence-corrected chi connectivity index (χ3v) is 3.06. The molecule has 2 aliphatic rings. The molecule has 1 aliphatic carbocycles. The Morgan fingerprint density at radius 2 is 2.00 bits per heavy atom. The average molecular weight is 197 g/mol. The first kappa shape index (κ1) is 9.49. The Bertz CT molecular complexity index is 262. The zero-order valence-electron chi connectivity index (χ0n) is 8.11. The molecule has 0 amide bonds. The van der Waals surface area contributed by atoms with E-state index in [0.29, 0.717) is 0 Å².